The minimum atomic E-state index is -0.217. The van der Waals surface area contributed by atoms with Crippen molar-refractivity contribution in [2.24, 2.45) is 11.3 Å². The maximum atomic E-state index is 13.8. The first-order chi connectivity index (χ1) is 11.8. The molecule has 2 N–H and O–H groups in total. The molecule has 3 rings (SSSR count). The van der Waals surface area contributed by atoms with Gasteiger partial charge in [-0.05, 0) is 38.2 Å². The molecule has 0 radical (unpaired) electrons. The quantitative estimate of drug-likeness (QED) is 0.859. The van der Waals surface area contributed by atoms with Gasteiger partial charge < -0.3 is 20.3 Å². The maximum absolute atomic E-state index is 13.8. The summed E-state index contributed by atoms with van der Waals surface area (Å²) in [5.74, 6) is 0.198. The molecule has 0 bridgehead atoms. The van der Waals surface area contributed by atoms with Crippen molar-refractivity contribution in [1.29, 1.82) is 0 Å². The zero-order valence-electron chi connectivity index (χ0n) is 15.4. The van der Waals surface area contributed by atoms with Crippen molar-refractivity contribution in [1.82, 2.24) is 15.5 Å². The molecule has 1 heterocycles. The van der Waals surface area contributed by atoms with Crippen LogP contribution in [0, 0.1) is 17.2 Å². The van der Waals surface area contributed by atoms with Crippen molar-refractivity contribution in [3.8, 4) is 0 Å². The molecule has 2 amide bonds. The molecule has 1 aliphatic carbocycles. The number of halogens is 1. The van der Waals surface area contributed by atoms with E-state index >= 15 is 0 Å². The van der Waals surface area contributed by atoms with Crippen LogP contribution in [0.15, 0.2) is 18.2 Å². The van der Waals surface area contributed by atoms with Gasteiger partial charge in [-0.2, -0.15) is 0 Å². The summed E-state index contributed by atoms with van der Waals surface area (Å²) >= 11 is 0. The molecular formula is C19H28FN3O2. The summed E-state index contributed by atoms with van der Waals surface area (Å²) in [6, 6.07) is 4.94. The molecular weight excluding hydrogens is 321 g/mol. The summed E-state index contributed by atoms with van der Waals surface area (Å²) in [7, 11) is 3.80. The highest BCUT2D eigenvalue weighted by molar-refractivity contribution is 5.74. The highest BCUT2D eigenvalue weighted by atomic mass is 19.1. The van der Waals surface area contributed by atoms with Gasteiger partial charge in [0.25, 0.3) is 0 Å². The van der Waals surface area contributed by atoms with Gasteiger partial charge in [-0.15, -0.1) is 0 Å². The lowest BCUT2D eigenvalue weighted by atomic mass is 9.57. The van der Waals surface area contributed by atoms with Crippen molar-refractivity contribution >= 4 is 6.03 Å². The van der Waals surface area contributed by atoms with Gasteiger partial charge in [-0.1, -0.05) is 19.9 Å². The first-order valence-corrected chi connectivity index (χ1v) is 8.87. The molecule has 5 nitrogen and oxygen atoms in total. The van der Waals surface area contributed by atoms with Crippen molar-refractivity contribution in [3.05, 3.63) is 35.1 Å². The SMILES string of the molecule is CN(C)Cc1cc(CNC(=O)N[C@@H]2[C@H]3CCO[C@H]3C2(C)C)ccc1F. The molecule has 0 unspecified atom stereocenters. The largest absolute Gasteiger partial charge is 0.377 e. The number of hydrogen-bond donors (Lipinski definition) is 2. The van der Waals surface area contributed by atoms with E-state index in [1.54, 1.807) is 6.07 Å². The van der Waals surface area contributed by atoms with Gasteiger partial charge in [0.2, 0.25) is 0 Å². The molecule has 2 fully saturated rings. The zero-order chi connectivity index (χ0) is 18.2. The monoisotopic (exact) mass is 349 g/mol. The second-order valence-electron chi connectivity index (χ2n) is 8.03. The fraction of sp³-hybridized carbons (Fsp3) is 0.632. The van der Waals surface area contributed by atoms with Crippen molar-refractivity contribution in [2.75, 3.05) is 20.7 Å². The standard InChI is InChI=1S/C19H28FN3O2/c1-19(2)16(14-7-8-25-17(14)19)22-18(24)21-10-12-5-6-15(20)13(9-12)11-23(3)4/h5-6,9,14,16-17H,7-8,10-11H2,1-4H3,(H2,21,22,24)/t14-,16-,17-/m1/s1. The van der Waals surface area contributed by atoms with Crippen LogP contribution < -0.4 is 10.6 Å². The van der Waals surface area contributed by atoms with E-state index in [2.05, 4.69) is 24.5 Å². The number of carbonyl (C=O) groups is 1. The second-order valence-corrected chi connectivity index (χ2v) is 8.03. The average Bonchev–Trinajstić information content (AvgIpc) is 3.00. The predicted molar refractivity (Wildman–Crippen MR) is 94.6 cm³/mol. The van der Waals surface area contributed by atoms with E-state index < -0.39 is 0 Å². The fourth-order valence-electron chi connectivity index (χ4n) is 4.19. The van der Waals surface area contributed by atoms with E-state index in [1.807, 2.05) is 25.1 Å². The molecule has 0 spiro atoms. The Kier molecular flexibility index (Phi) is 5.02. The van der Waals surface area contributed by atoms with Crippen molar-refractivity contribution in [2.45, 2.75) is 45.5 Å². The van der Waals surface area contributed by atoms with Gasteiger partial charge in [-0.25, -0.2) is 9.18 Å². The molecule has 1 aliphatic heterocycles. The van der Waals surface area contributed by atoms with Gasteiger partial charge in [0.1, 0.15) is 5.82 Å². The van der Waals surface area contributed by atoms with Gasteiger partial charge in [0, 0.05) is 42.6 Å². The fourth-order valence-corrected chi connectivity index (χ4v) is 4.19. The lowest BCUT2D eigenvalue weighted by Gasteiger charge is -2.54. The zero-order valence-corrected chi connectivity index (χ0v) is 15.4. The van der Waals surface area contributed by atoms with Gasteiger partial charge in [-0.3, -0.25) is 0 Å². The molecule has 138 valence electrons. The minimum absolute atomic E-state index is 0.0345. The number of amides is 2. The average molecular weight is 349 g/mol. The van der Waals surface area contributed by atoms with Gasteiger partial charge in [0.15, 0.2) is 0 Å². The number of carbonyl (C=O) groups excluding carboxylic acids is 1. The molecule has 1 aromatic rings. The molecule has 3 atom stereocenters. The molecule has 6 heteroatoms. The number of benzene rings is 1. The molecule has 0 aromatic heterocycles. The Balaban J connectivity index is 1.54. The van der Waals surface area contributed by atoms with Crippen molar-refractivity contribution < 1.29 is 13.9 Å². The van der Waals surface area contributed by atoms with Crippen LogP contribution in [0.1, 0.15) is 31.4 Å². The van der Waals surface area contributed by atoms with Crippen LogP contribution in [-0.2, 0) is 17.8 Å². The van der Waals surface area contributed by atoms with E-state index in [0.717, 1.165) is 18.6 Å². The smallest absolute Gasteiger partial charge is 0.315 e. The first kappa shape index (κ1) is 18.1. The van der Waals surface area contributed by atoms with Crippen LogP contribution in [0.3, 0.4) is 0 Å². The van der Waals surface area contributed by atoms with E-state index in [0.29, 0.717) is 24.6 Å². The van der Waals surface area contributed by atoms with Crippen LogP contribution in [-0.4, -0.2) is 43.8 Å². The Morgan fingerprint density at radius 3 is 2.88 bits per heavy atom. The van der Waals surface area contributed by atoms with Crippen LogP contribution in [0.4, 0.5) is 9.18 Å². The Morgan fingerprint density at radius 2 is 2.16 bits per heavy atom. The van der Waals surface area contributed by atoms with Crippen LogP contribution in [0.25, 0.3) is 0 Å². The maximum Gasteiger partial charge on any atom is 0.315 e. The van der Waals surface area contributed by atoms with E-state index in [1.165, 1.54) is 6.07 Å². The number of fused-ring (bicyclic) bond motifs is 1. The van der Waals surface area contributed by atoms with E-state index in [4.69, 9.17) is 4.74 Å². The summed E-state index contributed by atoms with van der Waals surface area (Å²) in [4.78, 5) is 14.2. The third-order valence-electron chi connectivity index (χ3n) is 5.44. The number of nitrogens with one attached hydrogen (secondary N) is 2. The van der Waals surface area contributed by atoms with Crippen molar-refractivity contribution in [3.63, 3.8) is 0 Å². The minimum Gasteiger partial charge on any atom is -0.377 e. The topological polar surface area (TPSA) is 53.6 Å². The van der Waals surface area contributed by atoms with E-state index in [-0.39, 0.29) is 29.4 Å². The molecule has 2 aliphatic rings. The summed E-state index contributed by atoms with van der Waals surface area (Å²) < 4.78 is 19.6. The summed E-state index contributed by atoms with van der Waals surface area (Å²) in [6.07, 6.45) is 1.26. The summed E-state index contributed by atoms with van der Waals surface area (Å²) in [5, 5.41) is 5.98. The number of urea groups is 1. The van der Waals surface area contributed by atoms with Gasteiger partial charge in [0.05, 0.1) is 6.10 Å². The molecule has 25 heavy (non-hydrogen) atoms. The van der Waals surface area contributed by atoms with E-state index in [9.17, 15) is 9.18 Å². The predicted octanol–water partition coefficient (Wildman–Crippen LogP) is 2.50. The number of nitrogens with zero attached hydrogens (tertiary/aromatic N) is 1. The number of rotatable bonds is 5. The summed E-state index contributed by atoms with van der Waals surface area (Å²) in [6.45, 7) is 5.97. The Hall–Kier alpha value is -1.66. The van der Waals surface area contributed by atoms with Crippen LogP contribution >= 0.6 is 0 Å². The second kappa shape index (κ2) is 6.92. The lowest BCUT2D eigenvalue weighted by molar-refractivity contribution is -0.108. The Bertz CT molecular complexity index is 648. The van der Waals surface area contributed by atoms with Gasteiger partial charge >= 0.3 is 6.03 Å². The lowest BCUT2D eigenvalue weighted by Crippen LogP contribution is -2.67. The first-order valence-electron chi connectivity index (χ1n) is 8.87. The Labute approximate surface area is 148 Å². The van der Waals surface area contributed by atoms with Crippen LogP contribution in [0.5, 0.6) is 0 Å². The molecule has 1 saturated carbocycles. The Morgan fingerprint density at radius 1 is 1.40 bits per heavy atom. The third-order valence-corrected chi connectivity index (χ3v) is 5.44. The summed E-state index contributed by atoms with van der Waals surface area (Å²) in [5.41, 5.74) is 1.49. The number of hydrogen-bond acceptors (Lipinski definition) is 3. The molecule has 1 saturated heterocycles. The highest BCUT2D eigenvalue weighted by Gasteiger charge is 2.59. The highest BCUT2D eigenvalue weighted by Crippen LogP contribution is 2.52. The number of ether oxygens (including phenoxy) is 1. The van der Waals surface area contributed by atoms with Crippen LogP contribution in [0.2, 0.25) is 0 Å². The molecule has 1 aromatic carbocycles. The third kappa shape index (κ3) is 3.65. The normalized spacial score (nSPS) is 26.9.